The van der Waals surface area contributed by atoms with E-state index in [0.29, 0.717) is 25.3 Å². The molecule has 0 radical (unpaired) electrons. The summed E-state index contributed by atoms with van der Waals surface area (Å²) in [5.41, 5.74) is 3.14. The molecule has 4 aromatic rings. The first kappa shape index (κ1) is 17.3. The molecule has 0 atom stereocenters. The standard InChI is InChI=1S/C19H19N9O/c1-25-18(9-17(23-25)14-5-3-2-4-6-14)19(29)26-12-16(13-26)27-10-15(22-24-27)11-28-20-7-8-21-28/h2-10,16H,11-13H2,1H3. The van der Waals surface area contributed by atoms with E-state index in [9.17, 15) is 4.79 Å². The van der Waals surface area contributed by atoms with E-state index in [2.05, 4.69) is 25.6 Å². The molecule has 1 fully saturated rings. The number of likely N-dealkylation sites (tertiary alicyclic amines) is 1. The Balaban J connectivity index is 1.24. The predicted octanol–water partition coefficient (Wildman–Crippen LogP) is 1.02. The van der Waals surface area contributed by atoms with Crippen LogP contribution in [0.5, 0.6) is 0 Å². The molecule has 0 aliphatic carbocycles. The van der Waals surface area contributed by atoms with Gasteiger partial charge in [0.1, 0.15) is 17.9 Å². The lowest BCUT2D eigenvalue weighted by Crippen LogP contribution is -2.51. The van der Waals surface area contributed by atoms with Gasteiger partial charge in [-0.05, 0) is 6.07 Å². The number of rotatable bonds is 5. The van der Waals surface area contributed by atoms with E-state index in [0.717, 1.165) is 17.0 Å². The van der Waals surface area contributed by atoms with Crippen molar-refractivity contribution in [2.75, 3.05) is 13.1 Å². The third kappa shape index (κ3) is 3.28. The highest BCUT2D eigenvalue weighted by Gasteiger charge is 2.34. The Labute approximate surface area is 166 Å². The average molecular weight is 389 g/mol. The van der Waals surface area contributed by atoms with E-state index in [1.165, 1.54) is 0 Å². The summed E-state index contributed by atoms with van der Waals surface area (Å²) in [7, 11) is 1.80. The number of carbonyl (C=O) groups is 1. The second-order valence-electron chi connectivity index (χ2n) is 7.02. The SMILES string of the molecule is Cn1nc(-c2ccccc2)cc1C(=O)N1CC(n2cc(Cn3nccn3)nn2)C1. The molecule has 1 aliphatic heterocycles. The lowest BCUT2D eigenvalue weighted by Gasteiger charge is -2.38. The molecule has 3 aromatic heterocycles. The van der Waals surface area contributed by atoms with Crippen molar-refractivity contribution in [2.45, 2.75) is 12.6 Å². The molecule has 1 saturated heterocycles. The molecule has 0 saturated carbocycles. The number of hydrogen-bond donors (Lipinski definition) is 0. The van der Waals surface area contributed by atoms with E-state index in [-0.39, 0.29) is 11.9 Å². The molecule has 0 spiro atoms. The van der Waals surface area contributed by atoms with Gasteiger partial charge in [-0.3, -0.25) is 9.48 Å². The molecule has 0 unspecified atom stereocenters. The van der Waals surface area contributed by atoms with Gasteiger partial charge >= 0.3 is 0 Å². The maximum absolute atomic E-state index is 12.9. The van der Waals surface area contributed by atoms with Crippen LogP contribution in [0, 0.1) is 0 Å². The van der Waals surface area contributed by atoms with Gasteiger partial charge in [-0.2, -0.15) is 20.1 Å². The molecule has 5 rings (SSSR count). The smallest absolute Gasteiger partial charge is 0.272 e. The van der Waals surface area contributed by atoms with Gasteiger partial charge in [0.25, 0.3) is 5.91 Å². The summed E-state index contributed by atoms with van der Waals surface area (Å²) >= 11 is 0. The van der Waals surface area contributed by atoms with Crippen molar-refractivity contribution in [1.29, 1.82) is 0 Å². The number of aryl methyl sites for hydroxylation is 1. The summed E-state index contributed by atoms with van der Waals surface area (Å²) in [6, 6.07) is 11.8. The predicted molar refractivity (Wildman–Crippen MR) is 103 cm³/mol. The summed E-state index contributed by atoms with van der Waals surface area (Å²) in [6.45, 7) is 1.65. The van der Waals surface area contributed by atoms with Crippen molar-refractivity contribution in [1.82, 2.24) is 44.7 Å². The Bertz CT molecular complexity index is 1120. The van der Waals surface area contributed by atoms with Crippen LogP contribution in [0.25, 0.3) is 11.3 Å². The fourth-order valence-electron chi connectivity index (χ4n) is 3.40. The van der Waals surface area contributed by atoms with Crippen LogP contribution in [0.15, 0.2) is 55.0 Å². The molecule has 29 heavy (non-hydrogen) atoms. The summed E-state index contributed by atoms with van der Waals surface area (Å²) < 4.78 is 3.45. The van der Waals surface area contributed by atoms with Gasteiger partial charge in [-0.25, -0.2) is 4.68 Å². The van der Waals surface area contributed by atoms with E-state index >= 15 is 0 Å². The second-order valence-corrected chi connectivity index (χ2v) is 7.02. The normalized spacial score (nSPS) is 14.2. The lowest BCUT2D eigenvalue weighted by molar-refractivity contribution is 0.0487. The van der Waals surface area contributed by atoms with Crippen molar-refractivity contribution in [3.63, 3.8) is 0 Å². The molecule has 10 heteroatoms. The third-order valence-electron chi connectivity index (χ3n) is 5.02. The van der Waals surface area contributed by atoms with Crippen molar-refractivity contribution < 1.29 is 4.79 Å². The minimum Gasteiger partial charge on any atom is -0.333 e. The van der Waals surface area contributed by atoms with Crippen LogP contribution in [0.3, 0.4) is 0 Å². The molecular weight excluding hydrogens is 370 g/mol. The summed E-state index contributed by atoms with van der Waals surface area (Å²) in [5.74, 6) is -0.0282. The molecule has 1 aliphatic rings. The minimum absolute atomic E-state index is 0.0282. The fourth-order valence-corrected chi connectivity index (χ4v) is 3.40. The number of amides is 1. The number of nitrogens with zero attached hydrogens (tertiary/aromatic N) is 9. The van der Waals surface area contributed by atoms with Gasteiger partial charge in [-0.1, -0.05) is 35.5 Å². The highest BCUT2D eigenvalue weighted by atomic mass is 16.2. The van der Waals surface area contributed by atoms with Crippen molar-refractivity contribution in [2.24, 2.45) is 7.05 Å². The van der Waals surface area contributed by atoms with E-state index in [4.69, 9.17) is 0 Å². The number of benzene rings is 1. The zero-order valence-corrected chi connectivity index (χ0v) is 15.8. The van der Waals surface area contributed by atoms with Gasteiger partial charge in [0, 0.05) is 25.7 Å². The van der Waals surface area contributed by atoms with Crippen LogP contribution >= 0.6 is 0 Å². The molecule has 10 nitrogen and oxygen atoms in total. The minimum atomic E-state index is -0.0282. The number of hydrogen-bond acceptors (Lipinski definition) is 6. The highest BCUT2D eigenvalue weighted by Crippen LogP contribution is 2.25. The summed E-state index contributed by atoms with van der Waals surface area (Å²) in [6.07, 6.45) is 5.14. The highest BCUT2D eigenvalue weighted by molar-refractivity contribution is 5.94. The van der Waals surface area contributed by atoms with Crippen molar-refractivity contribution in [3.8, 4) is 11.3 Å². The Morgan fingerprint density at radius 3 is 2.66 bits per heavy atom. The lowest BCUT2D eigenvalue weighted by atomic mass is 10.1. The van der Waals surface area contributed by atoms with Crippen LogP contribution in [0.4, 0.5) is 0 Å². The van der Waals surface area contributed by atoms with Crippen molar-refractivity contribution >= 4 is 5.91 Å². The maximum atomic E-state index is 12.9. The van der Waals surface area contributed by atoms with Gasteiger partial charge in [0.05, 0.1) is 30.3 Å². The first-order chi connectivity index (χ1) is 14.2. The average Bonchev–Trinajstić information content (AvgIpc) is 3.44. The Morgan fingerprint density at radius 2 is 1.90 bits per heavy atom. The van der Waals surface area contributed by atoms with Gasteiger partial charge in [0.15, 0.2) is 0 Å². The van der Waals surface area contributed by atoms with E-state index in [1.807, 2.05) is 42.6 Å². The molecular formula is C19H19N9O. The van der Waals surface area contributed by atoms with Crippen LogP contribution in [0.2, 0.25) is 0 Å². The molecule has 4 heterocycles. The molecule has 0 bridgehead atoms. The first-order valence-electron chi connectivity index (χ1n) is 9.31. The number of aromatic nitrogens is 8. The van der Waals surface area contributed by atoms with Crippen LogP contribution in [-0.4, -0.2) is 63.7 Å². The fraction of sp³-hybridized carbons (Fsp3) is 0.263. The molecule has 1 aromatic carbocycles. The van der Waals surface area contributed by atoms with Gasteiger partial charge in [-0.15, -0.1) is 5.10 Å². The van der Waals surface area contributed by atoms with Crippen molar-refractivity contribution in [3.05, 3.63) is 66.4 Å². The quantitative estimate of drug-likeness (QED) is 0.505. The van der Waals surface area contributed by atoms with Gasteiger partial charge in [0.2, 0.25) is 0 Å². The molecule has 0 N–H and O–H groups in total. The Kier molecular flexibility index (Phi) is 4.15. The van der Waals surface area contributed by atoms with Crippen LogP contribution in [0.1, 0.15) is 22.2 Å². The maximum Gasteiger partial charge on any atom is 0.272 e. The summed E-state index contributed by atoms with van der Waals surface area (Å²) in [4.78, 5) is 16.2. The molecule has 146 valence electrons. The second kappa shape index (κ2) is 6.97. The third-order valence-corrected chi connectivity index (χ3v) is 5.02. The zero-order chi connectivity index (χ0) is 19.8. The molecule has 1 amide bonds. The summed E-state index contributed by atoms with van der Waals surface area (Å²) in [5, 5.41) is 21.0. The Morgan fingerprint density at radius 1 is 1.14 bits per heavy atom. The largest absolute Gasteiger partial charge is 0.333 e. The van der Waals surface area contributed by atoms with Crippen LogP contribution in [-0.2, 0) is 13.6 Å². The van der Waals surface area contributed by atoms with E-state index < -0.39 is 0 Å². The number of carbonyl (C=O) groups excluding carboxylic acids is 1. The van der Waals surface area contributed by atoms with Gasteiger partial charge < -0.3 is 4.90 Å². The van der Waals surface area contributed by atoms with Crippen LogP contribution < -0.4 is 0 Å². The Hall–Kier alpha value is -3.82. The monoisotopic (exact) mass is 389 g/mol. The van der Waals surface area contributed by atoms with E-state index in [1.54, 1.807) is 38.5 Å². The topological polar surface area (TPSA) is 99.6 Å². The zero-order valence-electron chi connectivity index (χ0n) is 15.8. The first-order valence-corrected chi connectivity index (χ1v) is 9.31.